The van der Waals surface area contributed by atoms with E-state index in [0.717, 1.165) is 35.4 Å². The van der Waals surface area contributed by atoms with Crippen LogP contribution >= 0.6 is 0 Å². The first-order valence-corrected chi connectivity index (χ1v) is 10.4. The molecule has 0 aromatic heterocycles. The lowest BCUT2D eigenvalue weighted by Crippen LogP contribution is -2.23. The highest BCUT2D eigenvalue weighted by atomic mass is 32.2. The van der Waals surface area contributed by atoms with Crippen molar-refractivity contribution in [1.29, 1.82) is 0 Å². The van der Waals surface area contributed by atoms with Crippen molar-refractivity contribution in [3.05, 3.63) is 58.7 Å². The van der Waals surface area contributed by atoms with Crippen molar-refractivity contribution in [2.75, 3.05) is 12.4 Å². The fourth-order valence-electron chi connectivity index (χ4n) is 3.65. The summed E-state index contributed by atoms with van der Waals surface area (Å²) in [5.74, 6) is 0.656. The van der Waals surface area contributed by atoms with Crippen LogP contribution in [-0.4, -0.2) is 21.5 Å². The monoisotopic (exact) mass is 387 g/mol. The predicted molar refractivity (Wildman–Crippen MR) is 103 cm³/mol. The minimum atomic E-state index is -3.56. The van der Waals surface area contributed by atoms with E-state index in [4.69, 9.17) is 19.6 Å². The largest absolute Gasteiger partial charge is 0.496 e. The van der Waals surface area contributed by atoms with Gasteiger partial charge in [-0.3, -0.25) is 0 Å². The number of amidine groups is 1. The average molecular weight is 387 g/mol. The molecule has 2 aromatic carbocycles. The number of anilines is 1. The number of nitrogens with one attached hydrogen (secondary N) is 1. The highest BCUT2D eigenvalue weighted by molar-refractivity contribution is 7.88. The number of nitrogens with zero attached hydrogens (tertiary/aromatic N) is 1. The molecule has 1 atom stereocenters. The van der Waals surface area contributed by atoms with Crippen LogP contribution in [0.2, 0.25) is 0 Å². The molecule has 1 heterocycles. The summed E-state index contributed by atoms with van der Waals surface area (Å²) in [6, 6.07) is 11.9. The smallest absolute Gasteiger partial charge is 0.290 e. The number of fused-ring (bicyclic) bond motifs is 2. The van der Waals surface area contributed by atoms with Crippen molar-refractivity contribution in [2.45, 2.75) is 31.2 Å². The number of aliphatic imine (C=N–C) groups is 1. The number of methoxy groups -OCH3 is 1. The van der Waals surface area contributed by atoms with E-state index in [1.807, 2.05) is 18.2 Å². The standard InChI is InChI=1S/C19H21N3O4S/c1-25-17-4-2-3-13-6-8-16(18(13)17)22-19-21-15-7-5-12(11-27(20,23)24)9-14(15)10-26-19/h2-5,7,9,16H,6,8,10-11H2,1H3,(H,21,22)(H2,20,23,24). The minimum absolute atomic E-state index is 0.0122. The molecule has 0 saturated carbocycles. The van der Waals surface area contributed by atoms with Crippen LogP contribution in [0.1, 0.15) is 34.7 Å². The number of hydrogen-bond donors (Lipinski definition) is 2. The van der Waals surface area contributed by atoms with Gasteiger partial charge in [-0.15, -0.1) is 0 Å². The number of aryl methyl sites for hydroxylation is 1. The third-order valence-corrected chi connectivity index (χ3v) is 5.55. The van der Waals surface area contributed by atoms with Crippen molar-refractivity contribution in [2.24, 2.45) is 10.1 Å². The van der Waals surface area contributed by atoms with Gasteiger partial charge in [0.05, 0.1) is 18.9 Å². The van der Waals surface area contributed by atoms with E-state index in [9.17, 15) is 8.42 Å². The quantitative estimate of drug-likeness (QED) is 0.839. The maximum atomic E-state index is 11.3. The summed E-state index contributed by atoms with van der Waals surface area (Å²) in [6.45, 7) is 0.325. The van der Waals surface area contributed by atoms with Crippen LogP contribution in [0.4, 0.5) is 5.69 Å². The van der Waals surface area contributed by atoms with Crippen LogP contribution in [0.3, 0.4) is 0 Å². The van der Waals surface area contributed by atoms with E-state index in [-0.39, 0.29) is 11.8 Å². The number of benzene rings is 2. The molecule has 3 N–H and O–H groups in total. The number of primary sulfonamides is 1. The molecule has 1 aliphatic heterocycles. The number of nitrogens with two attached hydrogens (primary N) is 1. The Morgan fingerprint density at radius 2 is 2.15 bits per heavy atom. The summed E-state index contributed by atoms with van der Waals surface area (Å²) in [7, 11) is -1.89. The van der Waals surface area contributed by atoms with Crippen LogP contribution < -0.4 is 15.2 Å². The summed E-state index contributed by atoms with van der Waals surface area (Å²) in [6.07, 6.45) is 1.87. The molecule has 27 heavy (non-hydrogen) atoms. The van der Waals surface area contributed by atoms with Gasteiger partial charge in [-0.1, -0.05) is 18.2 Å². The topological polar surface area (TPSA) is 103 Å². The van der Waals surface area contributed by atoms with Gasteiger partial charge in [-0.2, -0.15) is 0 Å². The van der Waals surface area contributed by atoms with Crippen LogP contribution in [0.5, 0.6) is 5.75 Å². The van der Waals surface area contributed by atoms with Crippen LogP contribution in [0.25, 0.3) is 0 Å². The summed E-state index contributed by atoms with van der Waals surface area (Å²) in [5.41, 5.74) is 4.74. The molecular weight excluding hydrogens is 366 g/mol. The normalized spacial score (nSPS) is 19.8. The van der Waals surface area contributed by atoms with E-state index in [0.29, 0.717) is 18.2 Å². The zero-order chi connectivity index (χ0) is 19.0. The second kappa shape index (κ2) is 6.86. The molecule has 1 aliphatic carbocycles. The van der Waals surface area contributed by atoms with E-state index in [2.05, 4.69) is 11.4 Å². The van der Waals surface area contributed by atoms with Crippen molar-refractivity contribution >= 4 is 21.7 Å². The third kappa shape index (κ3) is 3.77. The molecule has 0 bridgehead atoms. The number of hydrogen-bond acceptors (Lipinski definition) is 5. The molecule has 0 spiro atoms. The zero-order valence-corrected chi connectivity index (χ0v) is 15.8. The van der Waals surface area contributed by atoms with Crippen LogP contribution in [-0.2, 0) is 33.5 Å². The van der Waals surface area contributed by atoms with Gasteiger partial charge in [-0.05, 0) is 42.2 Å². The molecule has 7 nitrogen and oxygen atoms in total. The number of rotatable bonds is 4. The van der Waals surface area contributed by atoms with Crippen LogP contribution in [0, 0.1) is 0 Å². The highest BCUT2D eigenvalue weighted by Gasteiger charge is 2.27. The molecule has 0 radical (unpaired) electrons. The molecule has 0 fully saturated rings. The molecular formula is C19H21N3O4S. The SMILES string of the molecule is COc1cccc2c1C(N=C1Nc3ccc(CS(N)(=O)=O)cc3CO1)CC2. The van der Waals surface area contributed by atoms with Gasteiger partial charge in [0, 0.05) is 16.8 Å². The summed E-state index contributed by atoms with van der Waals surface area (Å²) >= 11 is 0. The third-order valence-electron chi connectivity index (χ3n) is 4.81. The lowest BCUT2D eigenvalue weighted by atomic mass is 10.1. The van der Waals surface area contributed by atoms with Gasteiger partial charge in [0.1, 0.15) is 12.4 Å². The minimum Gasteiger partial charge on any atom is -0.496 e. The Hall–Kier alpha value is -2.58. The van der Waals surface area contributed by atoms with Gasteiger partial charge >= 0.3 is 0 Å². The van der Waals surface area contributed by atoms with Crippen molar-refractivity contribution < 1.29 is 17.9 Å². The second-order valence-electron chi connectivity index (χ2n) is 6.73. The summed E-state index contributed by atoms with van der Waals surface area (Å²) in [4.78, 5) is 4.75. The predicted octanol–water partition coefficient (Wildman–Crippen LogP) is 2.47. The van der Waals surface area contributed by atoms with Crippen LogP contribution in [0.15, 0.2) is 41.4 Å². The first-order chi connectivity index (χ1) is 12.9. The maximum Gasteiger partial charge on any atom is 0.290 e. The van der Waals surface area contributed by atoms with Gasteiger partial charge in [0.2, 0.25) is 10.0 Å². The van der Waals surface area contributed by atoms with Gasteiger partial charge in [-0.25, -0.2) is 18.5 Å². The first-order valence-electron chi connectivity index (χ1n) is 8.68. The lowest BCUT2D eigenvalue weighted by molar-refractivity contribution is 0.282. The molecule has 0 saturated heterocycles. The van der Waals surface area contributed by atoms with Gasteiger partial charge in [0.25, 0.3) is 6.02 Å². The second-order valence-corrected chi connectivity index (χ2v) is 8.35. The molecule has 1 unspecified atom stereocenters. The fourth-order valence-corrected chi connectivity index (χ4v) is 4.29. The first kappa shape index (κ1) is 17.8. The Kier molecular flexibility index (Phi) is 4.53. The van der Waals surface area contributed by atoms with Gasteiger partial charge in [0.15, 0.2) is 0 Å². The Bertz CT molecular complexity index is 1020. The number of sulfonamides is 1. The highest BCUT2D eigenvalue weighted by Crippen LogP contribution is 2.40. The molecule has 8 heteroatoms. The average Bonchev–Trinajstić information content (AvgIpc) is 3.03. The molecule has 2 aliphatic rings. The maximum absolute atomic E-state index is 11.3. The summed E-state index contributed by atoms with van der Waals surface area (Å²) < 4.78 is 33.8. The van der Waals surface area contributed by atoms with E-state index < -0.39 is 10.0 Å². The molecule has 142 valence electrons. The molecule has 2 aromatic rings. The van der Waals surface area contributed by atoms with Crippen molar-refractivity contribution in [3.8, 4) is 5.75 Å². The Balaban J connectivity index is 1.56. The summed E-state index contributed by atoms with van der Waals surface area (Å²) in [5, 5.41) is 8.30. The van der Waals surface area contributed by atoms with Gasteiger partial charge < -0.3 is 14.8 Å². The van der Waals surface area contributed by atoms with Crippen molar-refractivity contribution in [3.63, 3.8) is 0 Å². The van der Waals surface area contributed by atoms with E-state index in [1.165, 1.54) is 5.56 Å². The Morgan fingerprint density at radius 3 is 2.93 bits per heavy atom. The fraction of sp³-hybridized carbons (Fsp3) is 0.316. The van der Waals surface area contributed by atoms with E-state index in [1.54, 1.807) is 19.2 Å². The number of ether oxygens (including phenoxy) is 2. The Labute approximate surface area is 158 Å². The molecule has 4 rings (SSSR count). The lowest BCUT2D eigenvalue weighted by Gasteiger charge is -2.22. The zero-order valence-electron chi connectivity index (χ0n) is 14.9. The molecule has 0 amide bonds. The van der Waals surface area contributed by atoms with E-state index >= 15 is 0 Å². The van der Waals surface area contributed by atoms with Crippen molar-refractivity contribution in [1.82, 2.24) is 0 Å². The Morgan fingerprint density at radius 1 is 1.30 bits per heavy atom.